The molecule has 0 heterocycles. The summed E-state index contributed by atoms with van der Waals surface area (Å²) in [4.78, 5) is 12.6. The van der Waals surface area contributed by atoms with Crippen molar-refractivity contribution in [1.82, 2.24) is 0 Å². The highest BCUT2D eigenvalue weighted by atomic mass is 16.5. The quantitative estimate of drug-likeness (QED) is 0.152. The summed E-state index contributed by atoms with van der Waals surface area (Å²) in [5.41, 5.74) is 2.90. The average Bonchev–Trinajstić information content (AvgIpc) is 2.86. The first-order valence-electron chi connectivity index (χ1n) is 11.7. The van der Waals surface area contributed by atoms with E-state index in [2.05, 4.69) is 18.2 Å². The van der Waals surface area contributed by atoms with Crippen LogP contribution in [-0.4, -0.2) is 31.1 Å². The van der Waals surface area contributed by atoms with Gasteiger partial charge in [0.1, 0.15) is 11.8 Å². The molecule has 0 aliphatic rings. The van der Waals surface area contributed by atoms with Crippen molar-refractivity contribution in [2.75, 3.05) is 20.7 Å². The SMILES string of the molecule is C[N+](C)([O-])[C@@H](CCOc1ccc(CCC(=O)c2ccccc2)c2ccccc12)c1ccccc1. The molecule has 0 fully saturated rings. The molecule has 0 N–H and O–H groups in total. The Morgan fingerprint density at radius 1 is 0.824 bits per heavy atom. The van der Waals surface area contributed by atoms with E-state index >= 15 is 0 Å². The molecule has 0 radical (unpaired) electrons. The van der Waals surface area contributed by atoms with E-state index in [1.54, 1.807) is 14.1 Å². The number of hydroxylamine groups is 3. The monoisotopic (exact) mass is 453 g/mol. The van der Waals surface area contributed by atoms with Crippen molar-refractivity contribution in [2.45, 2.75) is 25.3 Å². The Balaban J connectivity index is 1.47. The maximum absolute atomic E-state index is 12.8. The molecule has 4 nitrogen and oxygen atoms in total. The summed E-state index contributed by atoms with van der Waals surface area (Å²) < 4.78 is 5.80. The predicted octanol–water partition coefficient (Wildman–Crippen LogP) is 6.74. The summed E-state index contributed by atoms with van der Waals surface area (Å²) in [7, 11) is 3.36. The molecule has 0 saturated heterocycles. The molecule has 0 aromatic heterocycles. The van der Waals surface area contributed by atoms with E-state index in [4.69, 9.17) is 4.74 Å². The van der Waals surface area contributed by atoms with Crippen LogP contribution in [0.25, 0.3) is 10.8 Å². The van der Waals surface area contributed by atoms with Crippen LogP contribution in [0.5, 0.6) is 5.75 Å². The third kappa shape index (κ3) is 5.71. The Kier molecular flexibility index (Phi) is 7.41. The second kappa shape index (κ2) is 10.6. The molecule has 4 aromatic rings. The molecule has 1 atom stereocenters. The lowest BCUT2D eigenvalue weighted by Gasteiger charge is -2.42. The van der Waals surface area contributed by atoms with Crippen LogP contribution >= 0.6 is 0 Å². The van der Waals surface area contributed by atoms with Crippen LogP contribution in [0.1, 0.15) is 40.4 Å². The van der Waals surface area contributed by atoms with Crippen LogP contribution in [0.3, 0.4) is 0 Å². The van der Waals surface area contributed by atoms with Crippen LogP contribution in [0, 0.1) is 5.21 Å². The Labute approximate surface area is 201 Å². The Morgan fingerprint density at radius 2 is 1.44 bits per heavy atom. The number of rotatable bonds is 10. The van der Waals surface area contributed by atoms with Gasteiger partial charge in [-0.3, -0.25) is 4.79 Å². The van der Waals surface area contributed by atoms with E-state index in [9.17, 15) is 10.0 Å². The van der Waals surface area contributed by atoms with E-state index in [0.29, 0.717) is 25.9 Å². The van der Waals surface area contributed by atoms with Crippen molar-refractivity contribution in [3.63, 3.8) is 0 Å². The van der Waals surface area contributed by atoms with Crippen LogP contribution in [0.15, 0.2) is 97.1 Å². The number of fused-ring (bicyclic) bond motifs is 1. The molecule has 4 heteroatoms. The first-order valence-corrected chi connectivity index (χ1v) is 11.7. The summed E-state index contributed by atoms with van der Waals surface area (Å²) in [6.07, 6.45) is 1.75. The molecule has 0 spiro atoms. The Morgan fingerprint density at radius 3 is 2.12 bits per heavy atom. The minimum Gasteiger partial charge on any atom is -0.633 e. The van der Waals surface area contributed by atoms with Gasteiger partial charge in [0, 0.05) is 29.4 Å². The number of benzene rings is 4. The molecular formula is C30H31NO3. The van der Waals surface area contributed by atoms with Crippen LogP contribution in [-0.2, 0) is 6.42 Å². The Hall–Kier alpha value is -3.47. The standard InChI is InChI=1S/C30H31NO3/c1-31(2,33)28(24-11-5-3-6-12-24)21-22-34-30-20-18-23(26-15-9-10-16-27(26)30)17-19-29(32)25-13-7-4-8-14-25/h3-16,18,20,28H,17,19,21-22H2,1-2H3/t28-/m0/s1. The number of aryl methyl sites for hydroxylation is 1. The predicted molar refractivity (Wildman–Crippen MR) is 138 cm³/mol. The molecule has 0 unspecified atom stereocenters. The maximum Gasteiger partial charge on any atom is 0.163 e. The molecule has 34 heavy (non-hydrogen) atoms. The van der Waals surface area contributed by atoms with Gasteiger partial charge < -0.3 is 14.6 Å². The van der Waals surface area contributed by atoms with Gasteiger partial charge in [0.05, 0.1) is 20.7 Å². The summed E-state index contributed by atoms with van der Waals surface area (Å²) in [5, 5.41) is 14.9. The third-order valence-corrected chi connectivity index (χ3v) is 6.28. The van der Waals surface area contributed by atoms with Crippen LogP contribution in [0.4, 0.5) is 0 Å². The highest BCUT2D eigenvalue weighted by molar-refractivity contribution is 5.97. The zero-order valence-electron chi connectivity index (χ0n) is 19.8. The molecule has 0 bridgehead atoms. The highest BCUT2D eigenvalue weighted by Gasteiger charge is 2.22. The maximum atomic E-state index is 12.8. The second-order valence-corrected chi connectivity index (χ2v) is 9.06. The molecule has 174 valence electrons. The topological polar surface area (TPSA) is 49.4 Å². The number of hydrogen-bond acceptors (Lipinski definition) is 3. The van der Waals surface area contributed by atoms with Gasteiger partial charge in [0.2, 0.25) is 0 Å². The molecule has 0 aliphatic heterocycles. The highest BCUT2D eigenvalue weighted by Crippen LogP contribution is 2.31. The number of hydrogen-bond donors (Lipinski definition) is 0. The van der Waals surface area contributed by atoms with Gasteiger partial charge in [-0.1, -0.05) is 91.0 Å². The zero-order chi connectivity index (χ0) is 24.0. The lowest BCUT2D eigenvalue weighted by atomic mass is 9.97. The molecule has 4 rings (SSSR count). The number of carbonyl (C=O) groups excluding carboxylic acids is 1. The largest absolute Gasteiger partial charge is 0.633 e. The smallest absolute Gasteiger partial charge is 0.163 e. The number of ether oxygens (including phenoxy) is 1. The fourth-order valence-electron chi connectivity index (χ4n) is 4.49. The van der Waals surface area contributed by atoms with Crippen molar-refractivity contribution in [3.05, 3.63) is 119 Å². The van der Waals surface area contributed by atoms with Gasteiger partial charge in [0.15, 0.2) is 5.78 Å². The third-order valence-electron chi connectivity index (χ3n) is 6.28. The fourth-order valence-corrected chi connectivity index (χ4v) is 4.49. The van der Waals surface area contributed by atoms with Crippen LogP contribution < -0.4 is 4.74 Å². The van der Waals surface area contributed by atoms with Gasteiger partial charge in [-0.2, -0.15) is 0 Å². The first-order chi connectivity index (χ1) is 16.4. The molecule has 4 aromatic carbocycles. The van der Waals surface area contributed by atoms with Crippen molar-refractivity contribution in [3.8, 4) is 5.75 Å². The number of Topliss-reactive ketones (excluding diaryl/α,β-unsaturated/α-hetero) is 1. The Bertz CT molecular complexity index is 1230. The number of ketones is 1. The summed E-state index contributed by atoms with van der Waals surface area (Å²) in [6.45, 7) is 0.444. The number of quaternary nitrogens is 1. The fraction of sp³-hybridized carbons (Fsp3) is 0.233. The van der Waals surface area contributed by atoms with Crippen molar-refractivity contribution < 1.29 is 14.2 Å². The zero-order valence-corrected chi connectivity index (χ0v) is 19.8. The van der Waals surface area contributed by atoms with Crippen LogP contribution in [0.2, 0.25) is 0 Å². The molecular weight excluding hydrogens is 422 g/mol. The average molecular weight is 454 g/mol. The number of carbonyl (C=O) groups is 1. The molecule has 0 saturated carbocycles. The lowest BCUT2D eigenvalue weighted by Crippen LogP contribution is -2.37. The normalized spacial score (nSPS) is 12.4. The van der Waals surface area contributed by atoms with E-state index in [1.807, 2.05) is 78.9 Å². The first kappa shape index (κ1) is 23.7. The number of nitrogens with zero attached hydrogens (tertiary/aromatic N) is 1. The molecule has 0 aliphatic carbocycles. The van der Waals surface area contributed by atoms with Crippen molar-refractivity contribution >= 4 is 16.6 Å². The summed E-state index contributed by atoms with van der Waals surface area (Å²) >= 11 is 0. The lowest BCUT2D eigenvalue weighted by molar-refractivity contribution is -0.873. The minimum absolute atomic E-state index is 0.148. The van der Waals surface area contributed by atoms with E-state index in [1.165, 1.54) is 0 Å². The van der Waals surface area contributed by atoms with E-state index < -0.39 is 4.65 Å². The van der Waals surface area contributed by atoms with E-state index in [-0.39, 0.29) is 11.8 Å². The van der Waals surface area contributed by atoms with E-state index in [0.717, 1.165) is 33.2 Å². The van der Waals surface area contributed by atoms with Gasteiger partial charge in [0.25, 0.3) is 0 Å². The molecule has 0 amide bonds. The summed E-state index contributed by atoms with van der Waals surface area (Å²) in [5.74, 6) is 0.951. The minimum atomic E-state index is -0.400. The van der Waals surface area contributed by atoms with Crippen molar-refractivity contribution in [1.29, 1.82) is 0 Å². The van der Waals surface area contributed by atoms with Gasteiger partial charge in [-0.05, 0) is 23.4 Å². The van der Waals surface area contributed by atoms with Gasteiger partial charge in [-0.15, -0.1) is 0 Å². The second-order valence-electron chi connectivity index (χ2n) is 9.06. The van der Waals surface area contributed by atoms with Crippen molar-refractivity contribution in [2.24, 2.45) is 0 Å². The van der Waals surface area contributed by atoms with Gasteiger partial charge >= 0.3 is 0 Å². The summed E-state index contributed by atoms with van der Waals surface area (Å²) in [6, 6.07) is 31.3. The van der Waals surface area contributed by atoms with Gasteiger partial charge in [-0.25, -0.2) is 0 Å².